The van der Waals surface area contributed by atoms with Gasteiger partial charge in [0, 0.05) is 54.9 Å². The number of H-pyrrole nitrogens is 1. The van der Waals surface area contributed by atoms with Gasteiger partial charge in [-0.3, -0.25) is 14.5 Å². The predicted octanol–water partition coefficient (Wildman–Crippen LogP) is 3.04. The summed E-state index contributed by atoms with van der Waals surface area (Å²) in [5.74, 6) is 0.104. The number of hydrogen-bond donors (Lipinski definition) is 3. The largest absolute Gasteiger partial charge is 0.363 e. The zero-order chi connectivity index (χ0) is 24.9. The third-order valence-corrected chi connectivity index (χ3v) is 9.02. The van der Waals surface area contributed by atoms with E-state index in [2.05, 4.69) is 10.3 Å². The van der Waals surface area contributed by atoms with Crippen LogP contribution in [0.2, 0.25) is 5.02 Å². The summed E-state index contributed by atoms with van der Waals surface area (Å²) in [6.45, 7) is 0.676. The van der Waals surface area contributed by atoms with Gasteiger partial charge in [0.25, 0.3) is 5.91 Å². The first-order valence-corrected chi connectivity index (χ1v) is 13.2. The normalized spacial score (nSPS) is 21.6. The van der Waals surface area contributed by atoms with Crippen LogP contribution in [0.3, 0.4) is 0 Å². The maximum Gasteiger partial charge on any atom is 0.304 e. The molecule has 3 heterocycles. The molecule has 0 aliphatic carbocycles. The third kappa shape index (κ3) is 4.15. The molecule has 3 aromatic rings. The summed E-state index contributed by atoms with van der Waals surface area (Å²) in [5, 5.41) is 12.6. The molecule has 0 radical (unpaired) electrons. The van der Waals surface area contributed by atoms with Crippen LogP contribution in [-0.4, -0.2) is 73.6 Å². The number of carbonyl (C=O) groups excluding carboxylic acids is 1. The molecule has 2 atom stereocenters. The minimum Gasteiger partial charge on any atom is -0.363 e. The Hall–Kier alpha value is -3.08. The molecule has 2 aromatic carbocycles. The van der Waals surface area contributed by atoms with Crippen LogP contribution in [-0.2, 0) is 10.2 Å². The average molecular weight is 515 g/mol. The van der Waals surface area contributed by atoms with Crippen molar-refractivity contribution in [1.82, 2.24) is 19.5 Å². The van der Waals surface area contributed by atoms with Gasteiger partial charge in [0.05, 0.1) is 23.3 Å². The van der Waals surface area contributed by atoms with Crippen LogP contribution in [0.1, 0.15) is 28.8 Å². The van der Waals surface area contributed by atoms with E-state index in [9.17, 15) is 13.2 Å². The number of fused-ring (bicyclic) bond motifs is 2. The van der Waals surface area contributed by atoms with Gasteiger partial charge in [0.2, 0.25) is 0 Å². The SMILES string of the molecule is CN(C)C(=N)c1ccc(N2C[C@@H]3[C@@H](NC(=O)c4ccc5c(Cl)c[nH]c5c4)CCCN3S2(=O)=O)cc1. The Morgan fingerprint density at radius 2 is 1.89 bits per heavy atom. The lowest BCUT2D eigenvalue weighted by atomic mass is 9.97. The maximum absolute atomic E-state index is 13.4. The highest BCUT2D eigenvalue weighted by Gasteiger charge is 2.49. The topological polar surface area (TPSA) is 113 Å². The fourth-order valence-electron chi connectivity index (χ4n) is 4.86. The van der Waals surface area contributed by atoms with Crippen molar-refractivity contribution < 1.29 is 13.2 Å². The first-order chi connectivity index (χ1) is 16.7. The van der Waals surface area contributed by atoms with E-state index in [1.54, 1.807) is 67.7 Å². The van der Waals surface area contributed by atoms with Gasteiger partial charge in [-0.2, -0.15) is 12.7 Å². The lowest BCUT2D eigenvalue weighted by Gasteiger charge is -2.34. The summed E-state index contributed by atoms with van der Waals surface area (Å²) in [5.41, 5.74) is 2.52. The van der Waals surface area contributed by atoms with Crippen LogP contribution in [0.5, 0.6) is 0 Å². The predicted molar refractivity (Wildman–Crippen MR) is 138 cm³/mol. The van der Waals surface area contributed by atoms with Crippen LogP contribution < -0.4 is 9.62 Å². The molecule has 2 aliphatic heterocycles. The molecule has 0 bridgehead atoms. The highest BCUT2D eigenvalue weighted by atomic mass is 35.5. The molecule has 2 aliphatic rings. The lowest BCUT2D eigenvalue weighted by molar-refractivity contribution is 0.0901. The van der Waals surface area contributed by atoms with Crippen molar-refractivity contribution in [2.24, 2.45) is 0 Å². The first kappa shape index (κ1) is 23.7. The molecule has 0 unspecified atom stereocenters. The van der Waals surface area contributed by atoms with Gasteiger partial charge in [-0.15, -0.1) is 0 Å². The molecule has 35 heavy (non-hydrogen) atoms. The van der Waals surface area contributed by atoms with Crippen molar-refractivity contribution in [3.05, 3.63) is 64.8 Å². The number of anilines is 1. The molecule has 184 valence electrons. The highest BCUT2D eigenvalue weighted by molar-refractivity contribution is 7.90. The molecular weight excluding hydrogens is 488 g/mol. The number of piperidine rings is 1. The number of amidine groups is 1. The summed E-state index contributed by atoms with van der Waals surface area (Å²) in [6.07, 6.45) is 3.05. The van der Waals surface area contributed by atoms with E-state index in [0.717, 1.165) is 10.9 Å². The molecule has 0 spiro atoms. The Balaban J connectivity index is 1.36. The summed E-state index contributed by atoms with van der Waals surface area (Å²) >= 11 is 6.14. The molecule has 1 amide bonds. The quantitative estimate of drug-likeness (QED) is 0.367. The Morgan fingerprint density at radius 3 is 2.60 bits per heavy atom. The Kier molecular flexibility index (Phi) is 5.98. The summed E-state index contributed by atoms with van der Waals surface area (Å²) in [6, 6.07) is 11.6. The van der Waals surface area contributed by atoms with Gasteiger partial charge in [0.15, 0.2) is 0 Å². The maximum atomic E-state index is 13.4. The summed E-state index contributed by atoms with van der Waals surface area (Å²) in [7, 11) is -0.137. The number of aromatic nitrogens is 1. The van der Waals surface area contributed by atoms with Crippen molar-refractivity contribution >= 4 is 50.1 Å². The Bertz CT molecular complexity index is 1400. The lowest BCUT2D eigenvalue weighted by Crippen LogP contribution is -2.54. The first-order valence-electron chi connectivity index (χ1n) is 11.4. The van der Waals surface area contributed by atoms with Gasteiger partial charge >= 0.3 is 10.2 Å². The minimum absolute atomic E-state index is 0.244. The van der Waals surface area contributed by atoms with Gasteiger partial charge < -0.3 is 15.2 Å². The Morgan fingerprint density at radius 1 is 1.17 bits per heavy atom. The number of rotatable bonds is 4. The Labute approximate surface area is 209 Å². The van der Waals surface area contributed by atoms with Crippen molar-refractivity contribution in [3.8, 4) is 0 Å². The monoisotopic (exact) mass is 514 g/mol. The molecular formula is C24H27ClN6O3S. The number of amides is 1. The van der Waals surface area contributed by atoms with E-state index in [-0.39, 0.29) is 24.5 Å². The number of nitrogens with one attached hydrogen (secondary N) is 3. The van der Waals surface area contributed by atoms with E-state index >= 15 is 0 Å². The van der Waals surface area contributed by atoms with Crippen molar-refractivity contribution in [1.29, 1.82) is 5.41 Å². The van der Waals surface area contributed by atoms with E-state index in [4.69, 9.17) is 17.0 Å². The van der Waals surface area contributed by atoms with Crippen molar-refractivity contribution in [2.75, 3.05) is 31.5 Å². The van der Waals surface area contributed by atoms with Crippen LogP contribution in [0.25, 0.3) is 10.9 Å². The van der Waals surface area contributed by atoms with Crippen molar-refractivity contribution in [2.45, 2.75) is 24.9 Å². The van der Waals surface area contributed by atoms with Gasteiger partial charge in [-0.05, 0) is 49.2 Å². The van der Waals surface area contributed by atoms with Gasteiger partial charge in [-0.25, -0.2) is 0 Å². The van der Waals surface area contributed by atoms with E-state index in [0.29, 0.717) is 47.1 Å². The number of hydrogen-bond acceptors (Lipinski definition) is 4. The fourth-order valence-corrected chi connectivity index (χ4v) is 6.97. The van der Waals surface area contributed by atoms with Gasteiger partial charge in [-0.1, -0.05) is 17.7 Å². The fraction of sp³-hybridized carbons (Fsp3) is 0.333. The number of aromatic amines is 1. The second kappa shape index (κ2) is 8.85. The zero-order valence-electron chi connectivity index (χ0n) is 19.5. The van der Waals surface area contributed by atoms with E-state index in [1.807, 2.05) is 0 Å². The number of carbonyl (C=O) groups is 1. The van der Waals surface area contributed by atoms with Crippen LogP contribution in [0.15, 0.2) is 48.7 Å². The highest BCUT2D eigenvalue weighted by Crippen LogP contribution is 2.34. The number of nitrogens with zero attached hydrogens (tertiary/aromatic N) is 3. The molecule has 0 saturated carbocycles. The molecule has 2 fully saturated rings. The molecule has 2 saturated heterocycles. The second-order valence-corrected chi connectivity index (χ2v) is 11.3. The summed E-state index contributed by atoms with van der Waals surface area (Å²) < 4.78 is 29.7. The van der Waals surface area contributed by atoms with E-state index in [1.165, 1.54) is 8.61 Å². The van der Waals surface area contributed by atoms with Crippen molar-refractivity contribution in [3.63, 3.8) is 0 Å². The number of benzene rings is 2. The van der Waals surface area contributed by atoms with Gasteiger partial charge in [0.1, 0.15) is 5.84 Å². The second-order valence-electron chi connectivity index (χ2n) is 9.13. The summed E-state index contributed by atoms with van der Waals surface area (Å²) in [4.78, 5) is 17.8. The zero-order valence-corrected chi connectivity index (χ0v) is 21.0. The molecule has 1 aromatic heterocycles. The number of halogens is 1. The van der Waals surface area contributed by atoms with Crippen LogP contribution in [0, 0.1) is 5.41 Å². The minimum atomic E-state index is -3.72. The molecule has 3 N–H and O–H groups in total. The average Bonchev–Trinajstić information content (AvgIpc) is 3.35. The van der Waals surface area contributed by atoms with Crippen LogP contribution >= 0.6 is 11.6 Å². The third-order valence-electron chi connectivity index (χ3n) is 6.74. The molecule has 11 heteroatoms. The van der Waals surface area contributed by atoms with Crippen LogP contribution in [0.4, 0.5) is 5.69 Å². The molecule has 5 rings (SSSR count). The van der Waals surface area contributed by atoms with E-state index < -0.39 is 10.2 Å². The smallest absolute Gasteiger partial charge is 0.304 e. The molecule has 9 nitrogen and oxygen atoms in total. The standard InChI is InChI=1S/C24H27ClN6O3S/c1-29(2)23(26)15-5-8-17(9-6-15)31-14-22-20(4-3-11-30(22)35(31,33)34)28-24(32)16-7-10-18-19(25)13-27-21(18)12-16/h5-10,12-13,20,22,26-27H,3-4,11,14H2,1-2H3,(H,28,32)/t20-,22+/m0/s1.